The van der Waals surface area contributed by atoms with Crippen molar-refractivity contribution in [3.63, 3.8) is 0 Å². The molecule has 0 bridgehead atoms. The van der Waals surface area contributed by atoms with Crippen molar-refractivity contribution in [3.05, 3.63) is 28.2 Å². The predicted octanol–water partition coefficient (Wildman–Crippen LogP) is 4.48. The Morgan fingerprint density at radius 2 is 2.22 bits per heavy atom. The minimum Gasteiger partial charge on any atom is -0.327 e. The number of hydrogen-bond acceptors (Lipinski definition) is 1. The zero-order chi connectivity index (χ0) is 12.7. The van der Waals surface area contributed by atoms with Gasteiger partial charge < -0.3 is 4.57 Å². The van der Waals surface area contributed by atoms with Crippen molar-refractivity contribution in [3.8, 4) is 0 Å². The van der Waals surface area contributed by atoms with E-state index in [0.717, 1.165) is 23.4 Å². The Morgan fingerprint density at radius 3 is 2.83 bits per heavy atom. The highest BCUT2D eigenvalue weighted by molar-refractivity contribution is 9.10. The Bertz CT molecular complexity index is 592. The largest absolute Gasteiger partial charge is 0.327 e. The summed E-state index contributed by atoms with van der Waals surface area (Å²) in [6, 6.07) is 3.26. The lowest BCUT2D eigenvalue weighted by molar-refractivity contribution is 0.277. The lowest BCUT2D eigenvalue weighted by Gasteiger charge is -2.26. The molecule has 18 heavy (non-hydrogen) atoms. The molecule has 2 aromatic rings. The number of benzene rings is 1. The smallest absolute Gasteiger partial charge is 0.139 e. The average Bonchev–Trinajstić information content (AvgIpc) is 2.62. The van der Waals surface area contributed by atoms with Crippen molar-refractivity contribution >= 4 is 38.6 Å². The van der Waals surface area contributed by atoms with E-state index in [1.165, 1.54) is 19.3 Å². The van der Waals surface area contributed by atoms with E-state index in [4.69, 9.17) is 11.6 Å². The third-order valence-corrected chi connectivity index (χ3v) is 4.50. The molecule has 1 aliphatic rings. The van der Waals surface area contributed by atoms with Gasteiger partial charge in [-0.2, -0.15) is 0 Å². The molecule has 1 aromatic carbocycles. The van der Waals surface area contributed by atoms with E-state index in [1.54, 1.807) is 12.1 Å². The van der Waals surface area contributed by atoms with Crippen LogP contribution < -0.4 is 0 Å². The molecule has 0 N–H and O–H groups in total. The van der Waals surface area contributed by atoms with Gasteiger partial charge in [0.15, 0.2) is 0 Å². The summed E-state index contributed by atoms with van der Waals surface area (Å²) in [6.45, 7) is 0.902. The molecule has 0 unspecified atom stereocenters. The van der Waals surface area contributed by atoms with E-state index >= 15 is 0 Å². The van der Waals surface area contributed by atoms with Gasteiger partial charge in [-0.25, -0.2) is 9.37 Å². The molecule has 0 radical (unpaired) electrons. The summed E-state index contributed by atoms with van der Waals surface area (Å²) in [5, 5.41) is 0. The first-order chi connectivity index (χ1) is 8.69. The number of alkyl halides is 1. The van der Waals surface area contributed by atoms with Crippen molar-refractivity contribution in [2.75, 3.05) is 0 Å². The van der Waals surface area contributed by atoms with Crippen LogP contribution in [0.5, 0.6) is 0 Å². The summed E-state index contributed by atoms with van der Waals surface area (Å²) in [5.41, 5.74) is 1.65. The quantitative estimate of drug-likeness (QED) is 0.758. The highest BCUT2D eigenvalue weighted by Crippen LogP contribution is 2.31. The first kappa shape index (κ1) is 12.4. The monoisotopic (exact) mass is 330 g/mol. The molecule has 1 aliphatic carbocycles. The highest BCUT2D eigenvalue weighted by atomic mass is 79.9. The summed E-state index contributed by atoms with van der Waals surface area (Å²) >= 11 is 9.13. The molecule has 5 heteroatoms. The summed E-state index contributed by atoms with van der Waals surface area (Å²) in [7, 11) is 0. The number of imidazole rings is 1. The number of halogens is 3. The predicted molar refractivity (Wildman–Crippen MR) is 74.3 cm³/mol. The molecule has 96 valence electrons. The Hall–Kier alpha value is -0.610. The second-order valence-electron chi connectivity index (χ2n) is 4.82. The summed E-state index contributed by atoms with van der Waals surface area (Å²) in [5.74, 6) is 1.63. The van der Waals surface area contributed by atoms with Crippen LogP contribution in [-0.2, 0) is 12.4 Å². The topological polar surface area (TPSA) is 17.8 Å². The lowest BCUT2D eigenvalue weighted by atomic mass is 9.85. The van der Waals surface area contributed by atoms with Crippen LogP contribution in [0.2, 0.25) is 0 Å². The van der Waals surface area contributed by atoms with Crippen molar-refractivity contribution in [1.82, 2.24) is 9.55 Å². The van der Waals surface area contributed by atoms with Gasteiger partial charge in [-0.05, 0) is 40.8 Å². The minimum atomic E-state index is -0.251. The summed E-state index contributed by atoms with van der Waals surface area (Å²) < 4.78 is 16.2. The van der Waals surface area contributed by atoms with Gasteiger partial charge >= 0.3 is 0 Å². The molecule has 1 aromatic heterocycles. The molecule has 0 amide bonds. The first-order valence-corrected chi connectivity index (χ1v) is 7.42. The van der Waals surface area contributed by atoms with Gasteiger partial charge in [-0.15, -0.1) is 11.6 Å². The molecule has 1 saturated carbocycles. The van der Waals surface area contributed by atoms with E-state index in [-0.39, 0.29) is 5.82 Å². The van der Waals surface area contributed by atoms with Crippen LogP contribution in [0.15, 0.2) is 16.6 Å². The molecule has 0 saturated heterocycles. The molecular weight excluding hydrogens is 319 g/mol. The second kappa shape index (κ2) is 4.82. The van der Waals surface area contributed by atoms with Crippen LogP contribution in [-0.4, -0.2) is 9.55 Å². The zero-order valence-corrected chi connectivity index (χ0v) is 12.1. The molecule has 0 aliphatic heterocycles. The minimum absolute atomic E-state index is 0.251. The van der Waals surface area contributed by atoms with Crippen molar-refractivity contribution < 1.29 is 4.39 Å². The average molecular weight is 332 g/mol. The Morgan fingerprint density at radius 1 is 1.44 bits per heavy atom. The maximum absolute atomic E-state index is 13.7. The van der Waals surface area contributed by atoms with Gasteiger partial charge in [0.2, 0.25) is 0 Å². The van der Waals surface area contributed by atoms with Gasteiger partial charge in [0.1, 0.15) is 11.6 Å². The Labute approximate surface area is 118 Å². The van der Waals surface area contributed by atoms with Crippen molar-refractivity contribution in [2.24, 2.45) is 5.92 Å². The van der Waals surface area contributed by atoms with Crippen LogP contribution in [0.25, 0.3) is 11.0 Å². The van der Waals surface area contributed by atoms with Crippen molar-refractivity contribution in [2.45, 2.75) is 31.7 Å². The van der Waals surface area contributed by atoms with E-state index in [0.29, 0.717) is 16.3 Å². The SMILES string of the molecule is Fc1cc2c(cc1Br)nc(CCl)n2CC1CCC1. The van der Waals surface area contributed by atoms with E-state index in [9.17, 15) is 4.39 Å². The molecule has 1 fully saturated rings. The van der Waals surface area contributed by atoms with Gasteiger partial charge in [0, 0.05) is 12.6 Å². The maximum atomic E-state index is 13.7. The van der Waals surface area contributed by atoms with E-state index in [2.05, 4.69) is 25.5 Å². The fourth-order valence-corrected chi connectivity index (χ4v) is 2.94. The lowest BCUT2D eigenvalue weighted by Crippen LogP contribution is -2.19. The summed E-state index contributed by atoms with van der Waals surface area (Å²) in [4.78, 5) is 4.48. The summed E-state index contributed by atoms with van der Waals surface area (Å²) in [6.07, 6.45) is 3.80. The van der Waals surface area contributed by atoms with Crippen LogP contribution in [0, 0.1) is 11.7 Å². The number of aromatic nitrogens is 2. The van der Waals surface area contributed by atoms with Crippen LogP contribution in [0.1, 0.15) is 25.1 Å². The van der Waals surface area contributed by atoms with Crippen molar-refractivity contribution in [1.29, 1.82) is 0 Å². The maximum Gasteiger partial charge on any atom is 0.139 e. The molecule has 0 atom stereocenters. The standard InChI is InChI=1S/C13H13BrClFN2/c14-9-4-11-12(5-10(9)16)18(13(6-15)17-11)7-8-2-1-3-8/h4-5,8H,1-3,6-7H2. The molecule has 3 rings (SSSR count). The van der Waals surface area contributed by atoms with Gasteiger partial charge in [0.25, 0.3) is 0 Å². The number of rotatable bonds is 3. The molecule has 2 nitrogen and oxygen atoms in total. The third kappa shape index (κ3) is 2.05. The van der Waals surface area contributed by atoms with Gasteiger partial charge in [0.05, 0.1) is 21.4 Å². The second-order valence-corrected chi connectivity index (χ2v) is 5.95. The molecular formula is C13H13BrClFN2. The van der Waals surface area contributed by atoms with Crippen LogP contribution in [0.4, 0.5) is 4.39 Å². The Kier molecular flexibility index (Phi) is 3.32. The number of hydrogen-bond donors (Lipinski definition) is 0. The highest BCUT2D eigenvalue weighted by Gasteiger charge is 2.21. The van der Waals surface area contributed by atoms with Gasteiger partial charge in [-0.1, -0.05) is 6.42 Å². The number of fused-ring (bicyclic) bond motifs is 1. The fraction of sp³-hybridized carbons (Fsp3) is 0.462. The number of nitrogens with zero attached hydrogens (tertiary/aromatic N) is 2. The first-order valence-electron chi connectivity index (χ1n) is 6.09. The third-order valence-electron chi connectivity index (χ3n) is 3.65. The zero-order valence-electron chi connectivity index (χ0n) is 9.80. The van der Waals surface area contributed by atoms with E-state index < -0.39 is 0 Å². The molecule has 1 heterocycles. The van der Waals surface area contributed by atoms with Crippen LogP contribution in [0.3, 0.4) is 0 Å². The van der Waals surface area contributed by atoms with Crippen LogP contribution >= 0.6 is 27.5 Å². The molecule has 0 spiro atoms. The van der Waals surface area contributed by atoms with Gasteiger partial charge in [-0.3, -0.25) is 0 Å². The Balaban J connectivity index is 2.10. The van der Waals surface area contributed by atoms with E-state index in [1.807, 2.05) is 0 Å². The fourth-order valence-electron chi connectivity index (χ4n) is 2.41. The normalized spacial score (nSPS) is 16.2.